The van der Waals surface area contributed by atoms with Crippen molar-refractivity contribution in [2.24, 2.45) is 0 Å². The molecule has 1 aliphatic carbocycles. The van der Waals surface area contributed by atoms with Crippen LogP contribution >= 0.6 is 0 Å². The van der Waals surface area contributed by atoms with E-state index in [1.54, 1.807) is 0 Å². The average Bonchev–Trinajstić information content (AvgIpc) is 3.67. The lowest BCUT2D eigenvalue weighted by molar-refractivity contribution is 0.768. The molecule has 0 bridgehead atoms. The maximum absolute atomic E-state index is 7.90. The Labute approximate surface area is 368 Å². The summed E-state index contributed by atoms with van der Waals surface area (Å²) in [6.07, 6.45) is 0. The van der Waals surface area contributed by atoms with Crippen LogP contribution in [0.15, 0.2) is 237 Å². The number of hydrogen-bond donors (Lipinski definition) is 0. The Morgan fingerprint density at radius 3 is 1.27 bits per heavy atom. The number of aromatic nitrogens is 2. The maximum atomic E-state index is 7.90. The minimum atomic E-state index is -0.519. The molecule has 0 atom stereocenters. The third-order valence-electron chi connectivity index (χ3n) is 12.4. The van der Waals surface area contributed by atoms with E-state index in [-0.39, 0.29) is 0 Å². The van der Waals surface area contributed by atoms with Gasteiger partial charge in [0.05, 0.1) is 23.4 Å². The van der Waals surface area contributed by atoms with Crippen LogP contribution in [0, 0.1) is 6.57 Å². The summed E-state index contributed by atoms with van der Waals surface area (Å²) in [6.45, 7) is 7.90. The maximum Gasteiger partial charge on any atom is 0.187 e. The average molecular weight is 802 g/mol. The highest BCUT2D eigenvalue weighted by atomic mass is 14.9. The first-order chi connectivity index (χ1) is 31.2. The molecule has 0 N–H and O–H groups in total. The molecule has 0 unspecified atom stereocenters. The lowest BCUT2D eigenvalue weighted by Crippen LogP contribution is -2.28. The topological polar surface area (TPSA) is 30.1 Å². The number of hydrogen-bond acceptors (Lipinski definition) is 2. The molecular formula is C60H39N3. The zero-order valence-electron chi connectivity index (χ0n) is 34.4. The summed E-state index contributed by atoms with van der Waals surface area (Å²) < 4.78 is 0. The van der Waals surface area contributed by atoms with Crippen LogP contribution in [-0.2, 0) is 5.41 Å². The van der Waals surface area contributed by atoms with Crippen molar-refractivity contribution >= 4 is 5.69 Å². The van der Waals surface area contributed by atoms with Crippen molar-refractivity contribution in [3.63, 3.8) is 0 Å². The molecule has 0 aliphatic heterocycles. The second kappa shape index (κ2) is 15.9. The molecule has 11 rings (SSSR count). The molecule has 0 amide bonds. The van der Waals surface area contributed by atoms with E-state index >= 15 is 0 Å². The second-order valence-electron chi connectivity index (χ2n) is 16.0. The fourth-order valence-electron chi connectivity index (χ4n) is 9.37. The molecule has 3 nitrogen and oxygen atoms in total. The fourth-order valence-corrected chi connectivity index (χ4v) is 9.37. The van der Waals surface area contributed by atoms with Crippen LogP contribution in [-0.4, -0.2) is 9.97 Å². The van der Waals surface area contributed by atoms with E-state index in [9.17, 15) is 0 Å². The van der Waals surface area contributed by atoms with Gasteiger partial charge >= 0.3 is 0 Å². The van der Waals surface area contributed by atoms with E-state index in [0.717, 1.165) is 61.5 Å². The first-order valence-corrected chi connectivity index (χ1v) is 21.3. The molecule has 0 fully saturated rings. The van der Waals surface area contributed by atoms with E-state index < -0.39 is 5.41 Å². The van der Waals surface area contributed by atoms with Crippen LogP contribution < -0.4 is 0 Å². The van der Waals surface area contributed by atoms with Gasteiger partial charge in [-0.2, -0.15) is 0 Å². The first kappa shape index (κ1) is 37.5. The number of rotatable bonds is 8. The summed E-state index contributed by atoms with van der Waals surface area (Å²) >= 11 is 0. The standard InChI is InChI=1S/C60H39N3/c1-61-52-34-36-56-54(39-52)53-38-49(33-35-55(53)60(56,50-21-10-4-11-22-50)51-23-12-5-13-24-51)48-20-14-19-47(37-48)43-27-31-45(32-28-43)58-40-57(62-59(63-58)46-17-8-3-9-18-46)44-29-25-42(26-30-44)41-15-6-2-7-16-41/h2-40H. The van der Waals surface area contributed by atoms with Crippen LogP contribution in [0.2, 0.25) is 0 Å². The predicted molar refractivity (Wildman–Crippen MR) is 258 cm³/mol. The number of fused-ring (bicyclic) bond motifs is 3. The van der Waals surface area contributed by atoms with E-state index in [1.807, 2.05) is 30.3 Å². The first-order valence-electron chi connectivity index (χ1n) is 21.3. The third kappa shape index (κ3) is 6.72. The van der Waals surface area contributed by atoms with E-state index in [4.69, 9.17) is 16.5 Å². The van der Waals surface area contributed by atoms with Crippen LogP contribution in [0.5, 0.6) is 0 Å². The van der Waals surface area contributed by atoms with Crippen LogP contribution in [0.1, 0.15) is 22.3 Å². The zero-order chi connectivity index (χ0) is 42.2. The molecule has 9 aromatic carbocycles. The predicted octanol–water partition coefficient (Wildman–Crippen LogP) is 15.4. The van der Waals surface area contributed by atoms with Gasteiger partial charge in [0.1, 0.15) is 0 Å². The third-order valence-corrected chi connectivity index (χ3v) is 12.4. The van der Waals surface area contributed by atoms with Crippen LogP contribution in [0.25, 0.3) is 83.3 Å². The van der Waals surface area contributed by atoms with Crippen molar-refractivity contribution in [3.05, 3.63) is 270 Å². The monoisotopic (exact) mass is 801 g/mol. The highest BCUT2D eigenvalue weighted by molar-refractivity contribution is 5.91. The number of nitrogens with zero attached hydrogens (tertiary/aromatic N) is 3. The molecule has 0 spiro atoms. The van der Waals surface area contributed by atoms with Crippen LogP contribution in [0.3, 0.4) is 0 Å². The van der Waals surface area contributed by atoms with Crippen molar-refractivity contribution in [1.29, 1.82) is 0 Å². The highest BCUT2D eigenvalue weighted by Crippen LogP contribution is 2.57. The summed E-state index contributed by atoms with van der Waals surface area (Å²) in [5.41, 5.74) is 18.8. The normalized spacial score (nSPS) is 12.2. The van der Waals surface area contributed by atoms with Crippen LogP contribution in [0.4, 0.5) is 5.69 Å². The lowest BCUT2D eigenvalue weighted by atomic mass is 9.67. The summed E-state index contributed by atoms with van der Waals surface area (Å²) in [6, 6.07) is 83.5. The molecular weight excluding hydrogens is 763 g/mol. The van der Waals surface area contributed by atoms with Crippen molar-refractivity contribution in [2.75, 3.05) is 0 Å². The van der Waals surface area contributed by atoms with Gasteiger partial charge in [0.2, 0.25) is 0 Å². The van der Waals surface area contributed by atoms with E-state index in [0.29, 0.717) is 11.5 Å². The van der Waals surface area contributed by atoms with Gasteiger partial charge in [0.15, 0.2) is 11.5 Å². The molecule has 294 valence electrons. The Hall–Kier alpha value is -8.45. The quantitative estimate of drug-likeness (QED) is 0.143. The van der Waals surface area contributed by atoms with Crippen molar-refractivity contribution in [1.82, 2.24) is 9.97 Å². The molecule has 0 radical (unpaired) electrons. The van der Waals surface area contributed by atoms with Gasteiger partial charge in [-0.05, 0) is 91.0 Å². The lowest BCUT2D eigenvalue weighted by Gasteiger charge is -2.34. The van der Waals surface area contributed by atoms with Gasteiger partial charge in [-0.3, -0.25) is 0 Å². The summed E-state index contributed by atoms with van der Waals surface area (Å²) in [7, 11) is 0. The smallest absolute Gasteiger partial charge is 0.187 e. The molecule has 3 heteroatoms. The molecule has 10 aromatic rings. The second-order valence-corrected chi connectivity index (χ2v) is 16.0. The Morgan fingerprint density at radius 2 is 0.714 bits per heavy atom. The molecule has 63 heavy (non-hydrogen) atoms. The molecule has 0 saturated heterocycles. The van der Waals surface area contributed by atoms with E-state index in [1.165, 1.54) is 33.4 Å². The van der Waals surface area contributed by atoms with Gasteiger partial charge in [-0.25, -0.2) is 14.8 Å². The van der Waals surface area contributed by atoms with Gasteiger partial charge < -0.3 is 0 Å². The van der Waals surface area contributed by atoms with Gasteiger partial charge in [0, 0.05) is 16.7 Å². The Bertz CT molecular complexity index is 3260. The SMILES string of the molecule is [C-]#[N+]c1ccc2c(c1)-c1cc(-c3cccc(-c4ccc(-c5cc(-c6ccc(-c7ccccc7)cc6)nc(-c6ccccc6)n5)cc4)c3)ccc1C2(c1ccccc1)c1ccccc1. The Kier molecular flexibility index (Phi) is 9.45. The molecule has 0 saturated carbocycles. The van der Waals surface area contributed by atoms with Crippen molar-refractivity contribution in [3.8, 4) is 78.4 Å². The number of benzene rings is 9. The zero-order valence-corrected chi connectivity index (χ0v) is 34.4. The highest BCUT2D eigenvalue weighted by Gasteiger charge is 2.46. The van der Waals surface area contributed by atoms with Gasteiger partial charge in [-0.1, -0.05) is 212 Å². The molecule has 1 heterocycles. The fraction of sp³-hybridized carbons (Fsp3) is 0.0167. The van der Waals surface area contributed by atoms with Gasteiger partial charge in [-0.15, -0.1) is 0 Å². The van der Waals surface area contributed by atoms with Crippen molar-refractivity contribution < 1.29 is 0 Å². The summed E-state index contributed by atoms with van der Waals surface area (Å²) in [4.78, 5) is 14.0. The molecule has 1 aliphatic rings. The largest absolute Gasteiger partial charge is 0.238 e. The Morgan fingerprint density at radius 1 is 0.317 bits per heavy atom. The molecule has 1 aromatic heterocycles. The summed E-state index contributed by atoms with van der Waals surface area (Å²) in [5, 5.41) is 0. The summed E-state index contributed by atoms with van der Waals surface area (Å²) in [5.74, 6) is 0.694. The van der Waals surface area contributed by atoms with Crippen molar-refractivity contribution in [2.45, 2.75) is 5.41 Å². The van der Waals surface area contributed by atoms with Gasteiger partial charge in [0.25, 0.3) is 0 Å². The Balaban J connectivity index is 0.955. The van der Waals surface area contributed by atoms with E-state index in [2.05, 4.69) is 211 Å². The minimum Gasteiger partial charge on any atom is -0.238 e. The minimum absolute atomic E-state index is 0.519.